The number of carbonyl (C=O) groups excluding carboxylic acids is 1. The summed E-state index contributed by atoms with van der Waals surface area (Å²) in [6.45, 7) is 2.63. The summed E-state index contributed by atoms with van der Waals surface area (Å²) >= 11 is 6.07. The number of rotatable bonds is 7. The zero-order chi connectivity index (χ0) is 26.2. The van der Waals surface area contributed by atoms with Crippen LogP contribution in [0.25, 0.3) is 16.7 Å². The van der Waals surface area contributed by atoms with E-state index in [1.807, 2.05) is 29.7 Å². The number of nitrogens with zero attached hydrogens (tertiary/aromatic N) is 4. The van der Waals surface area contributed by atoms with Crippen LogP contribution in [-0.2, 0) is 19.5 Å². The summed E-state index contributed by atoms with van der Waals surface area (Å²) in [5.74, 6) is -0.522. The number of fused-ring (bicyclic) bond motifs is 2. The van der Waals surface area contributed by atoms with Crippen LogP contribution in [0.2, 0.25) is 5.02 Å². The molecule has 3 aromatic heterocycles. The number of alkyl halides is 3. The van der Waals surface area contributed by atoms with Crippen LogP contribution in [0.15, 0.2) is 67.1 Å². The fraction of sp³-hybridized carbons (Fsp3) is 0.192. The van der Waals surface area contributed by atoms with Gasteiger partial charge in [-0.2, -0.15) is 0 Å². The summed E-state index contributed by atoms with van der Waals surface area (Å²) in [6.07, 6.45) is -0.739. The molecule has 0 atom stereocenters. The van der Waals surface area contributed by atoms with E-state index >= 15 is 0 Å². The summed E-state index contributed by atoms with van der Waals surface area (Å²) in [5, 5.41) is 3.51. The van der Waals surface area contributed by atoms with Gasteiger partial charge in [-0.25, -0.2) is 9.97 Å². The van der Waals surface area contributed by atoms with Gasteiger partial charge in [0, 0.05) is 30.4 Å². The first kappa shape index (κ1) is 24.6. The summed E-state index contributed by atoms with van der Waals surface area (Å²) in [5.41, 5.74) is 5.01. The van der Waals surface area contributed by atoms with Gasteiger partial charge in [0.15, 0.2) is 0 Å². The van der Waals surface area contributed by atoms with Crippen molar-refractivity contribution in [1.29, 1.82) is 0 Å². The molecule has 0 aliphatic carbocycles. The molecule has 2 aromatic carbocycles. The van der Waals surface area contributed by atoms with Crippen LogP contribution in [0.5, 0.6) is 5.75 Å². The van der Waals surface area contributed by atoms with Gasteiger partial charge in [0.05, 0.1) is 23.1 Å². The van der Waals surface area contributed by atoms with Crippen molar-refractivity contribution in [2.24, 2.45) is 0 Å². The molecule has 7 nitrogen and oxygen atoms in total. The number of aromatic nitrogens is 4. The average molecular weight is 528 g/mol. The highest BCUT2D eigenvalue weighted by atomic mass is 35.5. The smallest absolute Gasteiger partial charge is 0.406 e. The molecule has 0 radical (unpaired) electrons. The predicted molar refractivity (Wildman–Crippen MR) is 133 cm³/mol. The Kier molecular flexibility index (Phi) is 6.51. The van der Waals surface area contributed by atoms with E-state index < -0.39 is 6.36 Å². The van der Waals surface area contributed by atoms with Gasteiger partial charge in [-0.05, 0) is 47.9 Å². The molecule has 190 valence electrons. The van der Waals surface area contributed by atoms with Gasteiger partial charge < -0.3 is 14.6 Å². The number of benzene rings is 2. The van der Waals surface area contributed by atoms with Gasteiger partial charge >= 0.3 is 6.36 Å². The van der Waals surface area contributed by atoms with Gasteiger partial charge in [0.1, 0.15) is 17.1 Å². The van der Waals surface area contributed by atoms with Gasteiger partial charge in [-0.15, -0.1) is 13.2 Å². The number of aryl methyl sites for hydroxylation is 1. The maximum absolute atomic E-state index is 13.1. The first-order valence-corrected chi connectivity index (χ1v) is 11.8. The second-order valence-electron chi connectivity index (χ2n) is 8.40. The van der Waals surface area contributed by atoms with E-state index in [2.05, 4.69) is 20.0 Å². The van der Waals surface area contributed by atoms with Crippen molar-refractivity contribution in [2.45, 2.75) is 32.8 Å². The van der Waals surface area contributed by atoms with Crippen molar-refractivity contribution >= 4 is 34.2 Å². The minimum Gasteiger partial charge on any atom is -0.406 e. The Balaban J connectivity index is 1.32. The standard InChI is InChI=1S/C26H21ClF3N5O2/c1-2-20-24(35-10-9-18(27)12-23(35)33-20)25(36)31-13-17-5-8-21-22(11-17)34(15-32-21)14-16-3-6-19(7-4-16)37-26(28,29)30/h3-12,15H,2,13-14H2,1H3,(H,31,36). The number of halogens is 4. The molecule has 37 heavy (non-hydrogen) atoms. The van der Waals surface area contributed by atoms with Crippen molar-refractivity contribution in [3.05, 3.63) is 94.7 Å². The molecule has 0 aliphatic heterocycles. The summed E-state index contributed by atoms with van der Waals surface area (Å²) in [7, 11) is 0. The highest BCUT2D eigenvalue weighted by Crippen LogP contribution is 2.24. The number of nitrogens with one attached hydrogen (secondary N) is 1. The Bertz CT molecular complexity index is 1590. The lowest BCUT2D eigenvalue weighted by Crippen LogP contribution is -2.25. The number of pyridine rings is 1. The lowest BCUT2D eigenvalue weighted by atomic mass is 10.1. The SMILES string of the molecule is CCc1nc2cc(Cl)ccn2c1C(=O)NCc1ccc2ncn(Cc3ccc(OC(F)(F)F)cc3)c2c1. The quantitative estimate of drug-likeness (QED) is 0.291. The molecule has 3 heterocycles. The van der Waals surface area contributed by atoms with Crippen molar-refractivity contribution in [1.82, 2.24) is 24.3 Å². The summed E-state index contributed by atoms with van der Waals surface area (Å²) < 4.78 is 44.8. The molecule has 0 aliphatic rings. The molecule has 11 heteroatoms. The van der Waals surface area contributed by atoms with E-state index in [0.29, 0.717) is 35.0 Å². The van der Waals surface area contributed by atoms with Crippen molar-refractivity contribution in [3.63, 3.8) is 0 Å². The second-order valence-corrected chi connectivity index (χ2v) is 8.84. The first-order chi connectivity index (χ1) is 17.7. The molecule has 5 aromatic rings. The summed E-state index contributed by atoms with van der Waals surface area (Å²) in [6, 6.07) is 14.8. The third-order valence-electron chi connectivity index (χ3n) is 5.86. The van der Waals surface area contributed by atoms with Crippen LogP contribution >= 0.6 is 11.6 Å². The Hall–Kier alpha value is -4.05. The third-order valence-corrected chi connectivity index (χ3v) is 6.09. The van der Waals surface area contributed by atoms with E-state index in [9.17, 15) is 18.0 Å². The highest BCUT2D eigenvalue weighted by molar-refractivity contribution is 6.30. The van der Waals surface area contributed by atoms with Gasteiger partial charge in [-0.3, -0.25) is 9.20 Å². The normalized spacial score (nSPS) is 11.8. The third kappa shape index (κ3) is 5.39. The average Bonchev–Trinajstić information content (AvgIpc) is 3.43. The zero-order valence-corrected chi connectivity index (χ0v) is 20.3. The predicted octanol–water partition coefficient (Wildman–Crippen LogP) is 5.78. The van der Waals surface area contributed by atoms with Crippen molar-refractivity contribution < 1.29 is 22.7 Å². The molecule has 0 spiro atoms. The molecule has 5 rings (SSSR count). The Morgan fingerprint density at radius 3 is 2.57 bits per heavy atom. The molecule has 0 saturated heterocycles. The fourth-order valence-corrected chi connectivity index (χ4v) is 4.31. The van der Waals surface area contributed by atoms with Crippen LogP contribution < -0.4 is 10.1 Å². The zero-order valence-electron chi connectivity index (χ0n) is 19.6. The van der Waals surface area contributed by atoms with E-state index in [-0.39, 0.29) is 18.2 Å². The lowest BCUT2D eigenvalue weighted by Gasteiger charge is -2.10. The van der Waals surface area contributed by atoms with E-state index in [1.165, 1.54) is 12.1 Å². The Morgan fingerprint density at radius 1 is 1.08 bits per heavy atom. The summed E-state index contributed by atoms with van der Waals surface area (Å²) in [4.78, 5) is 22.0. The molecule has 1 amide bonds. The van der Waals surface area contributed by atoms with Gasteiger partial charge in [0.2, 0.25) is 0 Å². The minimum atomic E-state index is -4.73. The fourth-order valence-electron chi connectivity index (χ4n) is 4.15. The van der Waals surface area contributed by atoms with Crippen LogP contribution in [0.3, 0.4) is 0 Å². The number of carbonyl (C=O) groups is 1. The molecule has 0 bridgehead atoms. The second kappa shape index (κ2) is 9.78. The van der Waals surface area contributed by atoms with Crippen molar-refractivity contribution in [2.75, 3.05) is 0 Å². The molecule has 1 N–H and O–H groups in total. The number of imidazole rings is 2. The monoisotopic (exact) mass is 527 g/mol. The highest BCUT2D eigenvalue weighted by Gasteiger charge is 2.31. The topological polar surface area (TPSA) is 73.5 Å². The Labute approximate surface area is 214 Å². The number of hydrogen-bond acceptors (Lipinski definition) is 4. The van der Waals surface area contributed by atoms with Crippen LogP contribution in [-0.4, -0.2) is 31.2 Å². The number of amides is 1. The van der Waals surface area contributed by atoms with E-state index in [1.54, 1.807) is 41.2 Å². The minimum absolute atomic E-state index is 0.249. The number of hydrogen-bond donors (Lipinski definition) is 1. The van der Waals surface area contributed by atoms with Gasteiger partial charge in [-0.1, -0.05) is 36.7 Å². The molecular weight excluding hydrogens is 507 g/mol. The maximum Gasteiger partial charge on any atom is 0.573 e. The molecule has 0 saturated carbocycles. The largest absolute Gasteiger partial charge is 0.573 e. The van der Waals surface area contributed by atoms with E-state index in [0.717, 1.165) is 22.2 Å². The van der Waals surface area contributed by atoms with Crippen LogP contribution in [0.1, 0.15) is 34.2 Å². The first-order valence-electron chi connectivity index (χ1n) is 11.4. The molecular formula is C26H21ClF3N5O2. The van der Waals surface area contributed by atoms with E-state index in [4.69, 9.17) is 11.6 Å². The lowest BCUT2D eigenvalue weighted by molar-refractivity contribution is -0.274. The maximum atomic E-state index is 13.1. The molecule has 0 fully saturated rings. The molecule has 0 unspecified atom stereocenters. The number of ether oxygens (including phenoxy) is 1. The Morgan fingerprint density at radius 2 is 1.84 bits per heavy atom. The van der Waals surface area contributed by atoms with Crippen LogP contribution in [0, 0.1) is 0 Å². The van der Waals surface area contributed by atoms with Gasteiger partial charge in [0.25, 0.3) is 5.91 Å². The van der Waals surface area contributed by atoms with Crippen molar-refractivity contribution in [3.8, 4) is 5.75 Å². The van der Waals surface area contributed by atoms with Crippen LogP contribution in [0.4, 0.5) is 13.2 Å².